The Morgan fingerprint density at radius 2 is 1.66 bits per heavy atom. The SMILES string of the molecule is Cc1ccc(CN2CCN(c3cccc4c3C(=O)N(Cc3nc(C)cs3)C4=O)CC2)cc1. The van der Waals surface area contributed by atoms with Gasteiger partial charge in [-0.15, -0.1) is 11.3 Å². The number of imide groups is 1. The van der Waals surface area contributed by atoms with Crippen LogP contribution in [-0.2, 0) is 13.1 Å². The van der Waals surface area contributed by atoms with E-state index in [9.17, 15) is 9.59 Å². The van der Waals surface area contributed by atoms with Crippen molar-refractivity contribution in [2.75, 3.05) is 31.1 Å². The zero-order chi connectivity index (χ0) is 22.2. The Morgan fingerprint density at radius 3 is 2.34 bits per heavy atom. The molecule has 0 saturated carbocycles. The number of hydrogen-bond acceptors (Lipinski definition) is 6. The van der Waals surface area contributed by atoms with Crippen LogP contribution in [0.3, 0.4) is 0 Å². The van der Waals surface area contributed by atoms with Crippen molar-refractivity contribution in [3.63, 3.8) is 0 Å². The number of carbonyl (C=O) groups excluding carboxylic acids is 2. The zero-order valence-corrected chi connectivity index (χ0v) is 19.2. The van der Waals surface area contributed by atoms with E-state index >= 15 is 0 Å². The second-order valence-electron chi connectivity index (χ2n) is 8.53. The fourth-order valence-corrected chi connectivity index (χ4v) is 5.19. The summed E-state index contributed by atoms with van der Waals surface area (Å²) < 4.78 is 0. The van der Waals surface area contributed by atoms with E-state index in [4.69, 9.17) is 0 Å². The lowest BCUT2D eigenvalue weighted by Gasteiger charge is -2.36. The van der Waals surface area contributed by atoms with E-state index in [0.717, 1.165) is 49.1 Å². The van der Waals surface area contributed by atoms with Crippen LogP contribution in [0.4, 0.5) is 5.69 Å². The Hall–Kier alpha value is -3.03. The maximum absolute atomic E-state index is 13.3. The first-order valence-corrected chi connectivity index (χ1v) is 11.8. The molecule has 164 valence electrons. The first-order chi connectivity index (χ1) is 15.5. The van der Waals surface area contributed by atoms with Crippen molar-refractivity contribution >= 4 is 28.8 Å². The zero-order valence-electron chi connectivity index (χ0n) is 18.4. The molecule has 2 amide bonds. The summed E-state index contributed by atoms with van der Waals surface area (Å²) in [7, 11) is 0. The fourth-order valence-electron chi connectivity index (χ4n) is 4.43. The predicted octanol–water partition coefficient (Wildman–Crippen LogP) is 3.88. The van der Waals surface area contributed by atoms with Crippen molar-refractivity contribution < 1.29 is 9.59 Å². The van der Waals surface area contributed by atoms with Crippen LogP contribution >= 0.6 is 11.3 Å². The van der Waals surface area contributed by atoms with Crippen molar-refractivity contribution in [2.45, 2.75) is 26.9 Å². The van der Waals surface area contributed by atoms with E-state index in [1.165, 1.54) is 27.4 Å². The predicted molar refractivity (Wildman–Crippen MR) is 126 cm³/mol. The highest BCUT2D eigenvalue weighted by atomic mass is 32.1. The lowest BCUT2D eigenvalue weighted by atomic mass is 10.1. The average molecular weight is 447 g/mol. The first-order valence-electron chi connectivity index (χ1n) is 10.9. The fraction of sp³-hybridized carbons (Fsp3) is 0.320. The van der Waals surface area contributed by atoms with Gasteiger partial charge in [0.1, 0.15) is 5.01 Å². The number of nitrogens with zero attached hydrogens (tertiary/aromatic N) is 4. The highest BCUT2D eigenvalue weighted by molar-refractivity contribution is 7.09. The van der Waals surface area contributed by atoms with E-state index in [-0.39, 0.29) is 18.4 Å². The number of rotatable bonds is 5. The van der Waals surface area contributed by atoms with Crippen LogP contribution in [0.5, 0.6) is 0 Å². The van der Waals surface area contributed by atoms with E-state index in [1.807, 2.05) is 24.4 Å². The molecular formula is C25H26N4O2S. The molecule has 0 atom stereocenters. The number of anilines is 1. The monoisotopic (exact) mass is 446 g/mol. The van der Waals surface area contributed by atoms with E-state index in [1.54, 1.807) is 6.07 Å². The van der Waals surface area contributed by atoms with Crippen LogP contribution in [0.25, 0.3) is 0 Å². The molecule has 0 unspecified atom stereocenters. The maximum atomic E-state index is 13.3. The summed E-state index contributed by atoms with van der Waals surface area (Å²) in [5.74, 6) is -0.437. The minimum absolute atomic E-state index is 0.212. The molecule has 5 rings (SSSR count). The van der Waals surface area contributed by atoms with Gasteiger partial charge in [-0.05, 0) is 31.5 Å². The van der Waals surface area contributed by atoms with Gasteiger partial charge in [-0.25, -0.2) is 4.98 Å². The molecule has 2 aliphatic rings. The number of aryl methyl sites for hydroxylation is 2. The quantitative estimate of drug-likeness (QED) is 0.557. The van der Waals surface area contributed by atoms with Gasteiger partial charge in [0, 0.05) is 43.8 Å². The van der Waals surface area contributed by atoms with Gasteiger partial charge < -0.3 is 4.90 Å². The van der Waals surface area contributed by atoms with Crippen LogP contribution in [-0.4, -0.2) is 52.8 Å². The molecule has 3 aromatic rings. The maximum Gasteiger partial charge on any atom is 0.264 e. The standard InChI is InChI=1S/C25H26N4O2S/c1-17-6-8-19(9-7-17)14-27-10-12-28(13-11-27)21-5-3-4-20-23(21)25(31)29(24(20)30)15-22-26-18(2)16-32-22/h3-9,16H,10-15H2,1-2H3. The van der Waals surface area contributed by atoms with Crippen molar-refractivity contribution in [1.29, 1.82) is 0 Å². The van der Waals surface area contributed by atoms with E-state index in [2.05, 4.69) is 46.0 Å². The van der Waals surface area contributed by atoms with E-state index in [0.29, 0.717) is 11.1 Å². The lowest BCUT2D eigenvalue weighted by Crippen LogP contribution is -2.46. The average Bonchev–Trinajstić information content (AvgIpc) is 3.32. The molecule has 32 heavy (non-hydrogen) atoms. The van der Waals surface area contributed by atoms with Crippen LogP contribution in [0.15, 0.2) is 47.8 Å². The summed E-state index contributed by atoms with van der Waals surface area (Å²) in [5, 5.41) is 2.72. The largest absolute Gasteiger partial charge is 0.368 e. The van der Waals surface area contributed by atoms with E-state index < -0.39 is 0 Å². The second-order valence-corrected chi connectivity index (χ2v) is 9.47. The number of benzene rings is 2. The first kappa shape index (κ1) is 20.8. The number of amides is 2. The number of piperazine rings is 1. The van der Waals surface area contributed by atoms with Crippen molar-refractivity contribution in [2.24, 2.45) is 0 Å². The molecule has 7 heteroatoms. The molecule has 0 spiro atoms. The number of thiazole rings is 1. The number of fused-ring (bicyclic) bond motifs is 1. The van der Waals surface area contributed by atoms with Crippen LogP contribution < -0.4 is 4.90 Å². The van der Waals surface area contributed by atoms with Gasteiger partial charge in [-0.3, -0.25) is 19.4 Å². The van der Waals surface area contributed by atoms with Gasteiger partial charge in [-0.2, -0.15) is 0 Å². The van der Waals surface area contributed by atoms with Gasteiger partial charge in [0.05, 0.1) is 23.4 Å². The third kappa shape index (κ3) is 3.94. The van der Waals surface area contributed by atoms with Gasteiger partial charge in [0.25, 0.3) is 11.8 Å². The molecular weight excluding hydrogens is 420 g/mol. The molecule has 6 nitrogen and oxygen atoms in total. The highest BCUT2D eigenvalue weighted by Gasteiger charge is 2.39. The van der Waals surface area contributed by atoms with Crippen molar-refractivity contribution in [1.82, 2.24) is 14.8 Å². The third-order valence-corrected chi connectivity index (χ3v) is 7.13. The highest BCUT2D eigenvalue weighted by Crippen LogP contribution is 2.33. The minimum atomic E-state index is -0.224. The normalized spacial score (nSPS) is 16.7. The molecule has 1 fully saturated rings. The van der Waals surface area contributed by atoms with Gasteiger partial charge in [0.2, 0.25) is 0 Å². The topological polar surface area (TPSA) is 56.8 Å². The van der Waals surface area contributed by atoms with Gasteiger partial charge in [0.15, 0.2) is 0 Å². The van der Waals surface area contributed by atoms with Gasteiger partial charge >= 0.3 is 0 Å². The number of aromatic nitrogens is 1. The smallest absolute Gasteiger partial charge is 0.264 e. The summed E-state index contributed by atoms with van der Waals surface area (Å²) in [6, 6.07) is 14.3. The molecule has 0 aliphatic carbocycles. The third-order valence-electron chi connectivity index (χ3n) is 6.18. The lowest BCUT2D eigenvalue weighted by molar-refractivity contribution is 0.0642. The number of carbonyl (C=O) groups is 2. The Kier molecular flexibility index (Phi) is 5.53. The Labute approximate surface area is 192 Å². The number of hydrogen-bond donors (Lipinski definition) is 0. The Morgan fingerprint density at radius 1 is 0.906 bits per heavy atom. The van der Waals surface area contributed by atoms with Crippen molar-refractivity contribution in [3.05, 3.63) is 80.8 Å². The molecule has 0 N–H and O–H groups in total. The molecule has 2 aromatic carbocycles. The Bertz CT molecular complexity index is 1160. The van der Waals surface area contributed by atoms with Crippen molar-refractivity contribution in [3.8, 4) is 0 Å². The second kappa shape index (κ2) is 8.48. The van der Waals surface area contributed by atoms with Crippen LogP contribution in [0.1, 0.15) is 42.5 Å². The minimum Gasteiger partial charge on any atom is -0.368 e. The van der Waals surface area contributed by atoms with Gasteiger partial charge in [-0.1, -0.05) is 35.9 Å². The summed E-state index contributed by atoms with van der Waals surface area (Å²) in [4.78, 5) is 36.7. The molecule has 2 aliphatic heterocycles. The molecule has 1 aromatic heterocycles. The molecule has 0 bridgehead atoms. The summed E-state index contributed by atoms with van der Waals surface area (Å²) in [6.07, 6.45) is 0. The Balaban J connectivity index is 1.30. The summed E-state index contributed by atoms with van der Waals surface area (Å²) in [6.45, 7) is 8.67. The molecule has 0 radical (unpaired) electrons. The molecule has 1 saturated heterocycles. The van der Waals surface area contributed by atoms with Crippen LogP contribution in [0, 0.1) is 13.8 Å². The summed E-state index contributed by atoms with van der Waals surface area (Å²) >= 11 is 1.48. The van der Waals surface area contributed by atoms with Crippen LogP contribution in [0.2, 0.25) is 0 Å². The summed E-state index contributed by atoms with van der Waals surface area (Å²) in [5.41, 5.74) is 5.41. The molecule has 3 heterocycles.